The van der Waals surface area contributed by atoms with Crippen LogP contribution in [0.3, 0.4) is 0 Å². The van der Waals surface area contributed by atoms with Crippen molar-refractivity contribution in [1.29, 1.82) is 10.8 Å². The topological polar surface area (TPSA) is 729 Å². The van der Waals surface area contributed by atoms with E-state index in [0.29, 0.717) is 22.3 Å². The van der Waals surface area contributed by atoms with Gasteiger partial charge in [0.15, 0.2) is 11.9 Å². The normalized spacial score (nSPS) is 15.7. The summed E-state index contributed by atoms with van der Waals surface area (Å²) in [5.41, 5.74) is 19.5. The van der Waals surface area contributed by atoms with Crippen LogP contribution >= 0.6 is 0 Å². The molecule has 29 N–H and O–H groups in total. The largest absolute Gasteiger partial charge is 0.508 e. The van der Waals surface area contributed by atoms with Crippen molar-refractivity contribution < 1.29 is 107 Å². The zero-order chi connectivity index (χ0) is 104. The number of nitrogens with one attached hydrogen (secondary N) is 18. The first-order chi connectivity index (χ1) is 66.3. The minimum absolute atomic E-state index is 0.00647. The van der Waals surface area contributed by atoms with Gasteiger partial charge < -0.3 is 132 Å². The van der Waals surface area contributed by atoms with Crippen molar-refractivity contribution in [1.82, 2.24) is 94.6 Å². The first-order valence-corrected chi connectivity index (χ1v) is 46.7. The molecule has 0 bridgehead atoms. The van der Waals surface area contributed by atoms with E-state index >= 15 is 33.6 Å². The number of imidazole rings is 1. The molecular weight excluding hydrogens is 1820 g/mol. The van der Waals surface area contributed by atoms with Gasteiger partial charge in [0.2, 0.25) is 82.7 Å². The SMILES string of the molecule is CC[C@H](C)[C@H](NC(=O)[C@@H](CC(C)C)NC(=O)[C@@H](Cc1ccccc1)NC(=O)[C@H](CC(C)C)NC(=O)[C@@H](Cc1ccccc1)NC(=O)[C@@H]1CCCN1C(=O)[C@H](CCCNC(=N)N)NC(=O)[C@H](CC(=O)O)NC(=O)[C@@H](NC(=O)[C@@H](NC(=O)[C@@H](N)Cc1ccccc1)[C@@H](C)O)C(C)C)C(=O)N[C@@H](Cc1ccc(O)cc1)C(=O)N[C@@H](CCC(=O)O)C(=O)N[C@@H](Cc1cnc[nH]1)C(=O)N[C@@H](CCCNC(=N)N)C(=O)O. The number of aliphatic hydroxyl groups excluding tert-OH is 1. The number of benzene rings is 4. The molecule has 0 unspecified atom stereocenters. The van der Waals surface area contributed by atoms with Crippen LogP contribution in [0.25, 0.3) is 0 Å². The molecule has 45 nitrogen and oxygen atoms in total. The molecule has 14 amide bonds. The fraction of sp³-hybridized carbons (Fsp3) is 0.516. The highest BCUT2D eigenvalue weighted by atomic mass is 16.4. The molecule has 1 aromatic heterocycles. The number of likely N-dealkylation sites (tertiary alicyclic amines) is 1. The highest BCUT2D eigenvalue weighted by Gasteiger charge is 2.44. The molecule has 2 heterocycles. The predicted molar refractivity (Wildman–Crippen MR) is 512 cm³/mol. The molecule has 45 heteroatoms. The van der Waals surface area contributed by atoms with Gasteiger partial charge in [-0.3, -0.25) is 87.5 Å². The van der Waals surface area contributed by atoms with Gasteiger partial charge in [0.1, 0.15) is 90.3 Å². The maximum Gasteiger partial charge on any atom is 0.326 e. The second-order valence-electron chi connectivity index (χ2n) is 36.1. The van der Waals surface area contributed by atoms with E-state index in [4.69, 9.17) is 28.0 Å². The van der Waals surface area contributed by atoms with E-state index in [1.807, 2.05) is 0 Å². The first kappa shape index (κ1) is 114. The minimum atomic E-state index is -1.94. The Morgan fingerprint density at radius 3 is 1.29 bits per heavy atom. The lowest BCUT2D eigenvalue weighted by Gasteiger charge is -2.31. The monoisotopic (exact) mass is 1950 g/mol. The quantitative estimate of drug-likeness (QED) is 0.0118. The molecule has 1 aliphatic heterocycles. The summed E-state index contributed by atoms with van der Waals surface area (Å²) in [6, 6.07) is 7.88. The molecule has 0 saturated carbocycles. The summed E-state index contributed by atoms with van der Waals surface area (Å²) in [5, 5.41) is 105. The second-order valence-corrected chi connectivity index (χ2v) is 36.1. The average molecular weight is 1950 g/mol. The Bertz CT molecular complexity index is 5000. The average Bonchev–Trinajstić information content (AvgIpc) is 1.38. The Kier molecular flexibility index (Phi) is 46.9. The molecule has 0 spiro atoms. The molecule has 764 valence electrons. The number of phenolic OH excluding ortho intramolecular Hbond substituents is 1. The number of hydrogen-bond acceptors (Lipinski definition) is 23. The van der Waals surface area contributed by atoms with E-state index in [1.54, 1.807) is 133 Å². The zero-order valence-corrected chi connectivity index (χ0v) is 80.1. The van der Waals surface area contributed by atoms with Crippen LogP contribution < -0.4 is 97.0 Å². The number of aromatic nitrogens is 2. The number of hydrogen-bond donors (Lipinski definition) is 26. The second kappa shape index (κ2) is 57.5. The van der Waals surface area contributed by atoms with Crippen LogP contribution in [-0.4, -0.2) is 269 Å². The summed E-state index contributed by atoms with van der Waals surface area (Å²) in [6.07, 6.45) is -2.32. The number of phenols is 1. The van der Waals surface area contributed by atoms with Crippen molar-refractivity contribution in [2.24, 2.45) is 40.9 Å². The smallest absolute Gasteiger partial charge is 0.326 e. The van der Waals surface area contributed by atoms with Crippen LogP contribution in [0.4, 0.5) is 0 Å². The van der Waals surface area contributed by atoms with Gasteiger partial charge in [-0.2, -0.15) is 0 Å². The lowest BCUT2D eigenvalue weighted by atomic mass is 9.95. The minimum Gasteiger partial charge on any atom is -0.508 e. The molecule has 0 aliphatic carbocycles. The first-order valence-electron chi connectivity index (χ1n) is 46.7. The van der Waals surface area contributed by atoms with Crippen molar-refractivity contribution in [3.05, 3.63) is 156 Å². The third-order valence-electron chi connectivity index (χ3n) is 23.2. The number of aromatic hydroxyl groups is 1. The number of carbonyl (C=O) groups is 17. The molecule has 1 aliphatic rings. The Hall–Kier alpha value is -14.7. The predicted octanol–water partition coefficient (Wildman–Crippen LogP) is -1.62. The van der Waals surface area contributed by atoms with Crippen molar-refractivity contribution in [2.75, 3.05) is 19.6 Å². The van der Waals surface area contributed by atoms with Gasteiger partial charge in [-0.15, -0.1) is 0 Å². The molecule has 4 aromatic carbocycles. The van der Waals surface area contributed by atoms with E-state index < -0.39 is 234 Å². The van der Waals surface area contributed by atoms with Gasteiger partial charge in [-0.05, 0) is 129 Å². The van der Waals surface area contributed by atoms with Gasteiger partial charge in [0.25, 0.3) is 0 Å². The number of rotatable bonds is 59. The fourth-order valence-corrected chi connectivity index (χ4v) is 15.5. The number of nitrogens with two attached hydrogens (primary N) is 3. The molecular formula is C95H137N23O22. The lowest BCUT2D eigenvalue weighted by molar-refractivity contribution is -0.144. The number of H-pyrrole nitrogens is 1. The summed E-state index contributed by atoms with van der Waals surface area (Å²) >= 11 is 0. The van der Waals surface area contributed by atoms with Gasteiger partial charge in [0.05, 0.1) is 24.9 Å². The van der Waals surface area contributed by atoms with E-state index in [9.17, 15) is 73.5 Å². The fourth-order valence-electron chi connectivity index (χ4n) is 15.5. The Balaban J connectivity index is 1.24. The van der Waals surface area contributed by atoms with E-state index in [0.717, 1.165) is 0 Å². The van der Waals surface area contributed by atoms with Crippen molar-refractivity contribution in [2.45, 2.75) is 268 Å². The van der Waals surface area contributed by atoms with Gasteiger partial charge >= 0.3 is 17.9 Å². The zero-order valence-electron chi connectivity index (χ0n) is 80.1. The standard InChI is InChI=1S/C95H137N23O22/c1-10-54(8)77(90(136)113-70(46-59-32-34-61(120)35-33-59)82(128)105-63(36-37-74(121)122)80(126)111-71(47-60-49-101-50-104-60)85(131)107-65(93(139)140)30-21-39-103-95(99)100)116-87(133)67(42-52(4)5)109-83(129)68(44-57-25-16-12-17-26-57)110-81(127)66(41-51(2)3)108-84(130)69(45-58-27-18-13-19-28-58)112-88(134)73-31-22-40-118(73)92(138)64(29-20-38-102-94(97)98)106-86(132)72(48-75(123)124)114-89(135)76(53(6)7)115-91(137)78(55(9)119)117-79(125)62(96)43-56-23-14-11-15-24-56/h11-19,23-28,32-35,49-55,62-73,76-78,119-120H,10,20-22,29-31,36-48,96H2,1-9H3,(H,101,104)(H,105,128)(H,106,132)(H,107,131)(H,108,130)(H,109,129)(H,110,127)(H,111,126)(H,112,134)(H,113,136)(H,114,135)(H,115,137)(H,116,133)(H,117,125)(H,121,122)(H,123,124)(H,139,140)(H4,97,98,102)(H4,99,100,103)/t54-,55+,62-,63-,64-,65-,66-,67+,68+,69+,70-,71-,72-,73-,76-,77-,78-/m0/s1. The van der Waals surface area contributed by atoms with Crippen LogP contribution in [0.1, 0.15) is 167 Å². The summed E-state index contributed by atoms with van der Waals surface area (Å²) in [5.74, 6) is -21.2. The van der Waals surface area contributed by atoms with Crippen LogP contribution in [0.15, 0.2) is 128 Å². The van der Waals surface area contributed by atoms with Crippen molar-refractivity contribution >= 4 is 113 Å². The number of nitrogens with zero attached hydrogens (tertiary/aromatic N) is 2. The highest BCUT2D eigenvalue weighted by Crippen LogP contribution is 2.24. The molecule has 6 rings (SSSR count). The number of aromatic amines is 1. The van der Waals surface area contributed by atoms with Gasteiger partial charge in [0, 0.05) is 63.6 Å². The van der Waals surface area contributed by atoms with E-state index in [-0.39, 0.29) is 139 Å². The van der Waals surface area contributed by atoms with Crippen molar-refractivity contribution in [3.8, 4) is 5.75 Å². The summed E-state index contributed by atoms with van der Waals surface area (Å²) in [6.45, 7) is 14.6. The maximum absolute atomic E-state index is 15.3. The molecule has 0 radical (unpaired) electrons. The number of carbonyl (C=O) groups excluding carboxylic acids is 14. The number of carboxylic acid groups (broad SMARTS) is 3. The maximum atomic E-state index is 15.3. The highest BCUT2D eigenvalue weighted by molar-refractivity contribution is 6.02. The summed E-state index contributed by atoms with van der Waals surface area (Å²) in [4.78, 5) is 251. The summed E-state index contributed by atoms with van der Waals surface area (Å²) < 4.78 is 0. The number of carboxylic acids is 3. The third kappa shape index (κ3) is 39.1. The van der Waals surface area contributed by atoms with Crippen LogP contribution in [0.2, 0.25) is 0 Å². The Morgan fingerprint density at radius 2 is 0.836 bits per heavy atom. The molecule has 5 aromatic rings. The van der Waals surface area contributed by atoms with E-state index in [2.05, 4.69) is 89.7 Å². The molecule has 1 saturated heterocycles. The molecule has 1 fully saturated rings. The van der Waals surface area contributed by atoms with E-state index in [1.165, 1.54) is 62.5 Å². The molecule has 17 atom stereocenters. The number of guanidine groups is 2. The Labute approximate surface area is 811 Å². The third-order valence-corrected chi connectivity index (χ3v) is 23.2. The molecule has 140 heavy (non-hydrogen) atoms. The van der Waals surface area contributed by atoms with Gasteiger partial charge in [-0.25, -0.2) is 9.78 Å². The van der Waals surface area contributed by atoms with Crippen LogP contribution in [0.5, 0.6) is 5.75 Å². The van der Waals surface area contributed by atoms with Crippen molar-refractivity contribution in [3.63, 3.8) is 0 Å². The van der Waals surface area contributed by atoms with Crippen LogP contribution in [-0.2, 0) is 114 Å². The van der Waals surface area contributed by atoms with Crippen LogP contribution in [0, 0.1) is 34.5 Å². The number of aliphatic carboxylic acids is 3. The Morgan fingerprint density at radius 1 is 0.443 bits per heavy atom. The summed E-state index contributed by atoms with van der Waals surface area (Å²) in [7, 11) is 0. The lowest BCUT2D eigenvalue weighted by Crippen LogP contribution is -2.62. The number of aliphatic hydroxyl groups is 1. The van der Waals surface area contributed by atoms with Gasteiger partial charge in [-0.1, -0.05) is 165 Å². The number of amides is 14.